The van der Waals surface area contributed by atoms with E-state index in [1.807, 2.05) is 18.2 Å². The molecule has 1 atom stereocenters. The quantitative estimate of drug-likeness (QED) is 0.624. The third kappa shape index (κ3) is 3.59. The number of rotatable bonds is 4. The number of aliphatic hydroxyl groups is 1. The van der Waals surface area contributed by atoms with Crippen LogP contribution < -0.4 is 4.46 Å². The van der Waals surface area contributed by atoms with Gasteiger partial charge in [0.2, 0.25) is 0 Å². The predicted molar refractivity (Wildman–Crippen MR) is 53.4 cm³/mol. The molecule has 0 aliphatic carbocycles. The van der Waals surface area contributed by atoms with Crippen LogP contribution in [0, 0.1) is 0 Å². The van der Waals surface area contributed by atoms with E-state index in [0.717, 1.165) is 5.32 Å². The van der Waals surface area contributed by atoms with Crippen molar-refractivity contribution in [3.05, 3.63) is 30.3 Å². The second-order valence-electron chi connectivity index (χ2n) is 2.43. The summed E-state index contributed by atoms with van der Waals surface area (Å²) in [5, 5.41) is 10.0. The van der Waals surface area contributed by atoms with Gasteiger partial charge in [-0.2, -0.15) is 0 Å². The van der Waals surface area contributed by atoms with Crippen molar-refractivity contribution in [3.63, 3.8) is 0 Å². The fraction of sp³-hybridized carbons (Fsp3) is 0.333. The van der Waals surface area contributed by atoms with Gasteiger partial charge in [-0.05, 0) is 0 Å². The van der Waals surface area contributed by atoms with Crippen molar-refractivity contribution in [3.8, 4) is 0 Å². The van der Waals surface area contributed by atoms with E-state index in [2.05, 4.69) is 12.1 Å². The molecule has 1 aromatic carbocycles. The summed E-state index contributed by atoms with van der Waals surface area (Å²) in [6.07, 6.45) is -0.341. The molecule has 0 unspecified atom stereocenters. The number of alkyl halides is 1. The van der Waals surface area contributed by atoms with Crippen LogP contribution in [-0.2, 0) is 0 Å². The van der Waals surface area contributed by atoms with Crippen molar-refractivity contribution in [2.45, 2.75) is 11.4 Å². The van der Waals surface area contributed by atoms with E-state index < -0.39 is 0 Å². The summed E-state index contributed by atoms with van der Waals surface area (Å²) in [5.41, 5.74) is 0. The summed E-state index contributed by atoms with van der Waals surface area (Å²) in [6.45, 7) is 0. The Morgan fingerprint density at radius 1 is 1.33 bits per heavy atom. The topological polar surface area (TPSA) is 20.2 Å². The maximum absolute atomic E-state index is 9.20. The molecular weight excluding hydrogens is 239 g/mol. The van der Waals surface area contributed by atoms with Crippen LogP contribution in [0.15, 0.2) is 30.3 Å². The maximum atomic E-state index is 9.20. The van der Waals surface area contributed by atoms with Crippen LogP contribution in [-0.4, -0.2) is 32.0 Å². The standard InChI is InChI=1S/C9H11ClOSe/c10-6-8(11)7-12-9-4-2-1-3-5-9/h1-5,8,11H,6-7H2/t8-/m0/s1. The van der Waals surface area contributed by atoms with E-state index in [4.69, 9.17) is 11.6 Å². The molecule has 1 nitrogen and oxygen atoms in total. The Balaban J connectivity index is 2.33. The minimum absolute atomic E-state index is 0.341. The number of hydrogen-bond donors (Lipinski definition) is 1. The van der Waals surface area contributed by atoms with Crippen LogP contribution >= 0.6 is 11.6 Å². The predicted octanol–water partition coefficient (Wildman–Crippen LogP) is 1.03. The molecule has 0 saturated carbocycles. The number of halogens is 1. The first kappa shape index (κ1) is 10.1. The average Bonchev–Trinajstić information content (AvgIpc) is 2.16. The van der Waals surface area contributed by atoms with Crippen molar-refractivity contribution < 1.29 is 5.11 Å². The van der Waals surface area contributed by atoms with Crippen molar-refractivity contribution >= 4 is 31.0 Å². The Morgan fingerprint density at radius 3 is 2.58 bits per heavy atom. The molecule has 0 radical (unpaired) electrons. The van der Waals surface area contributed by atoms with E-state index in [1.54, 1.807) is 0 Å². The molecule has 1 aromatic rings. The number of aliphatic hydroxyl groups excluding tert-OH is 1. The fourth-order valence-corrected chi connectivity index (χ4v) is 2.94. The molecular formula is C9H11ClOSe. The van der Waals surface area contributed by atoms with E-state index in [-0.39, 0.29) is 6.10 Å². The van der Waals surface area contributed by atoms with Crippen LogP contribution in [0.25, 0.3) is 0 Å². The molecule has 3 heteroatoms. The first-order valence-electron chi connectivity index (χ1n) is 3.75. The van der Waals surface area contributed by atoms with Crippen LogP contribution in [0.2, 0.25) is 5.32 Å². The van der Waals surface area contributed by atoms with Crippen LogP contribution in [0.4, 0.5) is 0 Å². The molecule has 0 aromatic heterocycles. The minimum atomic E-state index is -0.341. The second kappa shape index (κ2) is 5.60. The van der Waals surface area contributed by atoms with Gasteiger partial charge in [0, 0.05) is 0 Å². The molecule has 0 fully saturated rings. The summed E-state index contributed by atoms with van der Waals surface area (Å²) in [7, 11) is 0. The molecule has 0 spiro atoms. The fourth-order valence-electron chi connectivity index (χ4n) is 0.754. The monoisotopic (exact) mass is 250 g/mol. The first-order valence-corrected chi connectivity index (χ1v) is 6.35. The van der Waals surface area contributed by atoms with Crippen LogP contribution in [0.1, 0.15) is 0 Å². The molecule has 1 N–H and O–H groups in total. The van der Waals surface area contributed by atoms with Crippen LogP contribution in [0.5, 0.6) is 0 Å². The van der Waals surface area contributed by atoms with Crippen molar-refractivity contribution in [1.29, 1.82) is 0 Å². The molecule has 66 valence electrons. The number of hydrogen-bond acceptors (Lipinski definition) is 1. The molecule has 1 rings (SSSR count). The summed E-state index contributed by atoms with van der Waals surface area (Å²) in [4.78, 5) is 0. The number of benzene rings is 1. The van der Waals surface area contributed by atoms with E-state index in [1.165, 1.54) is 4.46 Å². The van der Waals surface area contributed by atoms with Gasteiger partial charge in [-0.3, -0.25) is 0 Å². The average molecular weight is 250 g/mol. The zero-order valence-corrected chi connectivity index (χ0v) is 9.08. The van der Waals surface area contributed by atoms with E-state index in [9.17, 15) is 5.11 Å². The summed E-state index contributed by atoms with van der Waals surface area (Å²) < 4.78 is 1.31. The Bertz CT molecular complexity index is 215. The molecule has 0 heterocycles. The Labute approximate surface area is 83.9 Å². The van der Waals surface area contributed by atoms with E-state index >= 15 is 0 Å². The normalized spacial score (nSPS) is 12.8. The van der Waals surface area contributed by atoms with Gasteiger partial charge in [-0.15, -0.1) is 0 Å². The molecule has 0 saturated heterocycles. The molecule has 0 aliphatic rings. The van der Waals surface area contributed by atoms with Gasteiger partial charge in [0.05, 0.1) is 0 Å². The van der Waals surface area contributed by atoms with Crippen LogP contribution in [0.3, 0.4) is 0 Å². The second-order valence-corrected chi connectivity index (χ2v) is 5.03. The first-order chi connectivity index (χ1) is 5.83. The zero-order chi connectivity index (χ0) is 8.81. The summed E-state index contributed by atoms with van der Waals surface area (Å²) in [6, 6.07) is 10.2. The van der Waals surface area contributed by atoms with Gasteiger partial charge in [0.15, 0.2) is 0 Å². The SMILES string of the molecule is O[C@@H](CCl)C[Se]c1ccccc1. The third-order valence-electron chi connectivity index (χ3n) is 1.36. The summed E-state index contributed by atoms with van der Waals surface area (Å²) >= 11 is 5.83. The molecule has 0 amide bonds. The molecule has 0 aliphatic heterocycles. The third-order valence-corrected chi connectivity index (χ3v) is 4.15. The van der Waals surface area contributed by atoms with Crippen molar-refractivity contribution in [2.24, 2.45) is 0 Å². The van der Waals surface area contributed by atoms with Gasteiger partial charge in [-0.1, -0.05) is 0 Å². The van der Waals surface area contributed by atoms with E-state index in [0.29, 0.717) is 20.8 Å². The van der Waals surface area contributed by atoms with Gasteiger partial charge >= 0.3 is 83.8 Å². The molecule has 12 heavy (non-hydrogen) atoms. The molecule has 0 bridgehead atoms. The van der Waals surface area contributed by atoms with Gasteiger partial charge in [0.1, 0.15) is 0 Å². The summed E-state index contributed by atoms with van der Waals surface area (Å²) in [5.74, 6) is 0.342. The Kier molecular flexibility index (Phi) is 4.70. The van der Waals surface area contributed by atoms with Crippen molar-refractivity contribution in [2.75, 3.05) is 5.88 Å². The van der Waals surface area contributed by atoms with Gasteiger partial charge < -0.3 is 0 Å². The Morgan fingerprint density at radius 2 is 2.00 bits per heavy atom. The van der Waals surface area contributed by atoms with Crippen molar-refractivity contribution in [1.82, 2.24) is 0 Å². The van der Waals surface area contributed by atoms with Gasteiger partial charge in [0.25, 0.3) is 0 Å². The zero-order valence-electron chi connectivity index (χ0n) is 6.61. The Hall–Kier alpha value is -0.0105. The van der Waals surface area contributed by atoms with Gasteiger partial charge in [-0.25, -0.2) is 0 Å².